The van der Waals surface area contributed by atoms with Gasteiger partial charge in [-0.25, -0.2) is 4.79 Å². The normalized spacial score (nSPS) is 10.8. The third-order valence-electron chi connectivity index (χ3n) is 5.24. The number of methoxy groups -OCH3 is 1. The number of carbonyl (C=O) groups excluding carboxylic acids is 1. The maximum atomic E-state index is 12.5. The number of aromatic nitrogens is 3. The fraction of sp³-hybridized carbons (Fsp3) is 0.208. The number of rotatable bonds is 8. The Bertz CT molecular complexity index is 1440. The summed E-state index contributed by atoms with van der Waals surface area (Å²) < 4.78 is 15.9. The van der Waals surface area contributed by atoms with Gasteiger partial charge in [0.1, 0.15) is 11.3 Å². The molecule has 0 aliphatic carbocycles. The average Bonchev–Trinajstić information content (AvgIpc) is 2.83. The maximum absolute atomic E-state index is 12.5. The van der Waals surface area contributed by atoms with Crippen LogP contribution >= 0.6 is 11.6 Å². The van der Waals surface area contributed by atoms with Gasteiger partial charge in [-0.05, 0) is 55.3 Å². The van der Waals surface area contributed by atoms with Crippen LogP contribution in [-0.2, 0) is 22.6 Å². The van der Waals surface area contributed by atoms with Crippen LogP contribution in [0.25, 0.3) is 11.0 Å². The fourth-order valence-corrected chi connectivity index (χ4v) is 3.58. The first-order valence-corrected chi connectivity index (χ1v) is 11.0. The summed E-state index contributed by atoms with van der Waals surface area (Å²) in [6.45, 7) is 1.61. The van der Waals surface area contributed by atoms with Crippen LogP contribution in [0.5, 0.6) is 5.75 Å². The van der Waals surface area contributed by atoms with Crippen LogP contribution in [0.1, 0.15) is 23.4 Å². The number of benzene rings is 2. The topological polar surface area (TPSA) is 142 Å². The molecule has 0 saturated carbocycles. The molecule has 0 amide bonds. The van der Waals surface area contributed by atoms with Crippen LogP contribution in [0.4, 0.5) is 17.6 Å². The summed E-state index contributed by atoms with van der Waals surface area (Å²) in [6, 6.07) is 12.2. The molecule has 35 heavy (non-hydrogen) atoms. The van der Waals surface area contributed by atoms with E-state index in [9.17, 15) is 9.59 Å². The summed E-state index contributed by atoms with van der Waals surface area (Å²) in [6.07, 6.45) is 0.140. The van der Waals surface area contributed by atoms with E-state index in [1.165, 1.54) is 7.11 Å². The molecular formula is C24H22ClN5O5. The lowest BCUT2D eigenvalue weighted by molar-refractivity contribution is -0.145. The zero-order valence-corrected chi connectivity index (χ0v) is 19.8. The van der Waals surface area contributed by atoms with Gasteiger partial charge in [0.15, 0.2) is 12.4 Å². The molecular weight excluding hydrogens is 474 g/mol. The highest BCUT2D eigenvalue weighted by Gasteiger charge is 2.15. The summed E-state index contributed by atoms with van der Waals surface area (Å²) >= 11 is 5.89. The molecule has 0 unspecified atom stereocenters. The quantitative estimate of drug-likeness (QED) is 0.272. The third kappa shape index (κ3) is 5.85. The molecule has 2 heterocycles. The molecule has 0 aliphatic rings. The minimum Gasteiger partial charge on any atom is -0.497 e. The molecule has 180 valence electrons. The number of nitrogens with one attached hydrogen (secondary N) is 1. The van der Waals surface area contributed by atoms with Gasteiger partial charge in [-0.1, -0.05) is 11.6 Å². The van der Waals surface area contributed by atoms with E-state index in [0.29, 0.717) is 27.6 Å². The second kappa shape index (κ2) is 10.4. The van der Waals surface area contributed by atoms with Crippen molar-refractivity contribution in [3.63, 3.8) is 0 Å². The first kappa shape index (κ1) is 24.0. The van der Waals surface area contributed by atoms with Gasteiger partial charge in [-0.15, -0.1) is 0 Å². The van der Waals surface area contributed by atoms with Crippen molar-refractivity contribution < 1.29 is 18.7 Å². The summed E-state index contributed by atoms with van der Waals surface area (Å²) in [5.74, 6) is 0.416. The van der Waals surface area contributed by atoms with Gasteiger partial charge in [-0.2, -0.15) is 15.0 Å². The Morgan fingerprint density at radius 2 is 1.91 bits per heavy atom. The van der Waals surface area contributed by atoms with Crippen molar-refractivity contribution >= 4 is 46.1 Å². The number of esters is 1. The van der Waals surface area contributed by atoms with Gasteiger partial charge in [0.05, 0.1) is 7.11 Å². The second-order valence-electron chi connectivity index (χ2n) is 7.58. The predicted octanol–water partition coefficient (Wildman–Crippen LogP) is 3.95. The zero-order chi connectivity index (χ0) is 24.9. The van der Waals surface area contributed by atoms with Crippen LogP contribution in [-0.4, -0.2) is 28.0 Å². The van der Waals surface area contributed by atoms with Gasteiger partial charge in [0, 0.05) is 34.1 Å². The second-order valence-corrected chi connectivity index (χ2v) is 8.02. The number of nitrogens with zero attached hydrogens (tertiary/aromatic N) is 3. The monoisotopic (exact) mass is 495 g/mol. The SMILES string of the molecule is COc1ccc2c(C)c(CCC(=O)OCc3nc(N)nc(Nc4ccc(Cl)cc4)n3)c(=O)oc2c1. The molecule has 0 fully saturated rings. The first-order chi connectivity index (χ1) is 16.8. The minimum absolute atomic E-state index is 0.0241. The summed E-state index contributed by atoms with van der Waals surface area (Å²) in [4.78, 5) is 37.1. The number of anilines is 3. The van der Waals surface area contributed by atoms with Crippen LogP contribution < -0.4 is 21.4 Å². The van der Waals surface area contributed by atoms with Gasteiger partial charge in [-0.3, -0.25) is 4.79 Å². The van der Waals surface area contributed by atoms with Crippen molar-refractivity contribution in [2.24, 2.45) is 0 Å². The molecule has 10 nitrogen and oxygen atoms in total. The van der Waals surface area contributed by atoms with Gasteiger partial charge in [0.2, 0.25) is 11.9 Å². The van der Waals surface area contributed by atoms with Crippen molar-refractivity contribution in [3.05, 3.63) is 74.9 Å². The zero-order valence-electron chi connectivity index (χ0n) is 19.0. The highest BCUT2D eigenvalue weighted by molar-refractivity contribution is 6.30. The Morgan fingerprint density at radius 3 is 2.66 bits per heavy atom. The molecule has 2 aromatic carbocycles. The van der Waals surface area contributed by atoms with E-state index >= 15 is 0 Å². The number of aryl methyl sites for hydroxylation is 1. The number of fused-ring (bicyclic) bond motifs is 1. The highest BCUT2D eigenvalue weighted by Crippen LogP contribution is 2.24. The number of nitrogens with two attached hydrogens (primary N) is 1. The molecule has 0 bridgehead atoms. The van der Waals surface area contributed by atoms with Gasteiger partial charge in [0.25, 0.3) is 0 Å². The van der Waals surface area contributed by atoms with E-state index < -0.39 is 11.6 Å². The van der Waals surface area contributed by atoms with E-state index in [0.717, 1.165) is 10.9 Å². The molecule has 11 heteroatoms. The first-order valence-electron chi connectivity index (χ1n) is 10.6. The van der Waals surface area contributed by atoms with Gasteiger partial charge < -0.3 is 24.9 Å². The molecule has 4 rings (SSSR count). The van der Waals surface area contributed by atoms with Crippen LogP contribution in [0.15, 0.2) is 51.7 Å². The van der Waals surface area contributed by atoms with E-state index in [2.05, 4.69) is 20.3 Å². The third-order valence-corrected chi connectivity index (χ3v) is 5.49. The Balaban J connectivity index is 1.39. The number of ether oxygens (including phenoxy) is 2. The molecule has 3 N–H and O–H groups in total. The lowest BCUT2D eigenvalue weighted by Gasteiger charge is -2.10. The standard InChI is InChI=1S/C24H22ClN5O5/c1-13-17-8-7-16(33-2)11-19(17)35-22(32)18(13)9-10-21(31)34-12-20-28-23(26)30-24(29-20)27-15-5-3-14(25)4-6-15/h3-8,11H,9-10,12H2,1-2H3,(H3,26,27,28,29,30). The largest absolute Gasteiger partial charge is 0.497 e. The van der Waals surface area contributed by atoms with E-state index in [-0.39, 0.29) is 37.2 Å². The van der Waals surface area contributed by atoms with Crippen molar-refractivity contribution in [1.82, 2.24) is 15.0 Å². The Kier molecular flexibility index (Phi) is 7.11. The molecule has 4 aromatic rings. The highest BCUT2D eigenvalue weighted by atomic mass is 35.5. The van der Waals surface area contributed by atoms with E-state index in [1.807, 2.05) is 13.0 Å². The Hall–Kier alpha value is -4.18. The number of hydrogen-bond acceptors (Lipinski definition) is 10. The molecule has 0 saturated heterocycles. The fourth-order valence-electron chi connectivity index (χ4n) is 3.46. The molecule has 0 atom stereocenters. The average molecular weight is 496 g/mol. The van der Waals surface area contributed by atoms with Gasteiger partial charge >= 0.3 is 11.6 Å². The van der Waals surface area contributed by atoms with E-state index in [1.54, 1.807) is 36.4 Å². The smallest absolute Gasteiger partial charge is 0.339 e. The predicted molar refractivity (Wildman–Crippen MR) is 131 cm³/mol. The number of carbonyl (C=O) groups is 1. The summed E-state index contributed by atoms with van der Waals surface area (Å²) in [7, 11) is 1.54. The van der Waals surface area contributed by atoms with Crippen LogP contribution in [0.2, 0.25) is 5.02 Å². The minimum atomic E-state index is -0.523. The van der Waals surface area contributed by atoms with Crippen molar-refractivity contribution in [1.29, 1.82) is 0 Å². The number of halogens is 1. The molecule has 2 aromatic heterocycles. The summed E-state index contributed by atoms with van der Waals surface area (Å²) in [5.41, 5.74) is 7.54. The molecule has 0 radical (unpaired) electrons. The Morgan fingerprint density at radius 1 is 1.14 bits per heavy atom. The lowest BCUT2D eigenvalue weighted by atomic mass is 10.0. The van der Waals surface area contributed by atoms with Crippen molar-refractivity contribution in [2.45, 2.75) is 26.4 Å². The van der Waals surface area contributed by atoms with Crippen LogP contribution in [0, 0.1) is 6.92 Å². The van der Waals surface area contributed by atoms with E-state index in [4.69, 9.17) is 31.2 Å². The Labute approximate surface area is 205 Å². The maximum Gasteiger partial charge on any atom is 0.339 e. The van der Waals surface area contributed by atoms with Crippen molar-refractivity contribution in [3.8, 4) is 5.75 Å². The lowest BCUT2D eigenvalue weighted by Crippen LogP contribution is -2.15. The number of hydrogen-bond donors (Lipinski definition) is 2. The molecule has 0 spiro atoms. The van der Waals surface area contributed by atoms with Crippen LogP contribution in [0.3, 0.4) is 0 Å². The van der Waals surface area contributed by atoms with Crippen molar-refractivity contribution in [2.75, 3.05) is 18.2 Å². The number of nitrogen functional groups attached to an aromatic ring is 1. The summed E-state index contributed by atoms with van der Waals surface area (Å²) in [5, 5.41) is 4.35. The molecule has 0 aliphatic heterocycles.